The fourth-order valence-electron chi connectivity index (χ4n) is 2.32. The van der Waals surface area contributed by atoms with Gasteiger partial charge in [-0.15, -0.1) is 12.4 Å². The van der Waals surface area contributed by atoms with Crippen LogP contribution >= 0.6 is 12.4 Å². The molecule has 1 N–H and O–H groups in total. The van der Waals surface area contributed by atoms with E-state index in [1.165, 1.54) is 12.1 Å². The molecule has 2 nitrogen and oxygen atoms in total. The van der Waals surface area contributed by atoms with Gasteiger partial charge in [0.2, 0.25) is 0 Å². The molecule has 1 fully saturated rings. The summed E-state index contributed by atoms with van der Waals surface area (Å²) in [4.78, 5) is 2.18. The second kappa shape index (κ2) is 6.59. The van der Waals surface area contributed by atoms with Gasteiger partial charge in [-0.3, -0.25) is 4.90 Å². The summed E-state index contributed by atoms with van der Waals surface area (Å²) in [6, 6.07) is 6.04. The average Bonchev–Trinajstić information content (AvgIpc) is 2.76. The fraction of sp³-hybridized carbons (Fsp3) is 0.538. The Hall–Kier alpha value is -0.780. The molecule has 0 aromatic heterocycles. The van der Waals surface area contributed by atoms with Crippen molar-refractivity contribution in [3.05, 3.63) is 35.4 Å². The maximum Gasteiger partial charge on any atom is 0.416 e. The Morgan fingerprint density at radius 3 is 2.68 bits per heavy atom. The number of nitrogens with zero attached hydrogens (tertiary/aromatic N) is 1. The third kappa shape index (κ3) is 4.37. The Kier molecular flexibility index (Phi) is 5.64. The lowest BCUT2D eigenvalue weighted by Gasteiger charge is -2.17. The molecular weight excluding hydrogens is 277 g/mol. The van der Waals surface area contributed by atoms with E-state index in [0.717, 1.165) is 31.1 Å². The lowest BCUT2D eigenvalue weighted by Crippen LogP contribution is -2.29. The van der Waals surface area contributed by atoms with Gasteiger partial charge in [0, 0.05) is 25.7 Å². The number of alkyl halides is 3. The molecule has 0 aliphatic carbocycles. The molecule has 2 rings (SSSR count). The van der Waals surface area contributed by atoms with Crippen LogP contribution in [0.1, 0.15) is 17.5 Å². The van der Waals surface area contributed by atoms with Gasteiger partial charge >= 0.3 is 6.18 Å². The van der Waals surface area contributed by atoms with Gasteiger partial charge in [-0.05, 0) is 25.1 Å². The number of likely N-dealkylation sites (N-methyl/N-ethyl adjacent to an activating group) is 1. The summed E-state index contributed by atoms with van der Waals surface area (Å²) in [5.41, 5.74) is 0.158. The zero-order valence-corrected chi connectivity index (χ0v) is 11.5. The van der Waals surface area contributed by atoms with Crippen LogP contribution in [0, 0.1) is 0 Å². The normalized spacial score (nSPS) is 20.3. The highest BCUT2D eigenvalue weighted by Crippen LogP contribution is 2.29. The topological polar surface area (TPSA) is 15.3 Å². The minimum Gasteiger partial charge on any atom is -0.316 e. The second-order valence-corrected chi connectivity index (χ2v) is 4.71. The molecule has 108 valence electrons. The van der Waals surface area contributed by atoms with Crippen LogP contribution in [0.25, 0.3) is 0 Å². The highest BCUT2D eigenvalue weighted by molar-refractivity contribution is 5.85. The number of hydrogen-bond acceptors (Lipinski definition) is 2. The molecule has 0 saturated carbocycles. The first-order valence-corrected chi connectivity index (χ1v) is 6.05. The Bertz CT molecular complexity index is 409. The van der Waals surface area contributed by atoms with Crippen molar-refractivity contribution in [2.75, 3.05) is 20.1 Å². The van der Waals surface area contributed by atoms with Crippen LogP contribution in [0.15, 0.2) is 24.3 Å². The van der Waals surface area contributed by atoms with E-state index in [4.69, 9.17) is 0 Å². The van der Waals surface area contributed by atoms with E-state index in [-0.39, 0.29) is 12.4 Å². The molecule has 1 aliphatic heterocycles. The van der Waals surface area contributed by atoms with Gasteiger partial charge in [-0.1, -0.05) is 18.2 Å². The Labute approximate surface area is 117 Å². The fourth-order valence-corrected chi connectivity index (χ4v) is 2.32. The van der Waals surface area contributed by atoms with Crippen LogP contribution < -0.4 is 5.32 Å². The Morgan fingerprint density at radius 1 is 1.37 bits per heavy atom. The molecule has 1 aromatic carbocycles. The van der Waals surface area contributed by atoms with Crippen molar-refractivity contribution in [2.45, 2.75) is 25.2 Å². The van der Waals surface area contributed by atoms with Crippen molar-refractivity contribution in [3.8, 4) is 0 Å². The van der Waals surface area contributed by atoms with Crippen molar-refractivity contribution in [3.63, 3.8) is 0 Å². The molecule has 1 unspecified atom stereocenters. The monoisotopic (exact) mass is 294 g/mol. The number of benzene rings is 1. The number of nitrogens with one attached hydrogen (secondary N) is 1. The minimum absolute atomic E-state index is 0. The number of rotatable bonds is 3. The van der Waals surface area contributed by atoms with E-state index in [2.05, 4.69) is 10.2 Å². The van der Waals surface area contributed by atoms with E-state index < -0.39 is 11.7 Å². The van der Waals surface area contributed by atoms with Crippen molar-refractivity contribution >= 4 is 12.4 Å². The zero-order valence-electron chi connectivity index (χ0n) is 10.7. The van der Waals surface area contributed by atoms with Crippen LogP contribution in [0.2, 0.25) is 0 Å². The van der Waals surface area contributed by atoms with E-state index in [1.54, 1.807) is 6.07 Å². The van der Waals surface area contributed by atoms with E-state index >= 15 is 0 Å². The predicted molar refractivity (Wildman–Crippen MR) is 71.4 cm³/mol. The predicted octanol–water partition coefficient (Wildman–Crippen LogP) is 2.92. The molecule has 0 amide bonds. The van der Waals surface area contributed by atoms with Crippen LogP contribution in [-0.2, 0) is 12.7 Å². The zero-order chi connectivity index (χ0) is 13.2. The molecule has 1 aliphatic rings. The highest BCUT2D eigenvalue weighted by atomic mass is 35.5. The molecule has 19 heavy (non-hydrogen) atoms. The summed E-state index contributed by atoms with van der Waals surface area (Å²) in [5.74, 6) is 0. The SMILES string of the molecule is CNC1CCN(Cc2cccc(C(F)(F)F)c2)C1.Cl. The quantitative estimate of drug-likeness (QED) is 0.922. The van der Waals surface area contributed by atoms with E-state index in [0.29, 0.717) is 12.6 Å². The van der Waals surface area contributed by atoms with Crippen LogP contribution in [0.3, 0.4) is 0 Å². The van der Waals surface area contributed by atoms with Crippen molar-refractivity contribution in [2.24, 2.45) is 0 Å². The smallest absolute Gasteiger partial charge is 0.316 e. The first-order chi connectivity index (χ1) is 8.49. The third-order valence-electron chi connectivity index (χ3n) is 3.34. The number of halogens is 4. The van der Waals surface area contributed by atoms with Crippen LogP contribution in [0.4, 0.5) is 13.2 Å². The lowest BCUT2D eigenvalue weighted by molar-refractivity contribution is -0.137. The van der Waals surface area contributed by atoms with Crippen molar-refractivity contribution in [1.82, 2.24) is 10.2 Å². The largest absolute Gasteiger partial charge is 0.416 e. The molecule has 0 radical (unpaired) electrons. The standard InChI is InChI=1S/C13H17F3N2.ClH/c1-17-12-5-6-18(9-12)8-10-3-2-4-11(7-10)13(14,15)16;/h2-4,7,12,17H,5-6,8-9H2,1H3;1H. The van der Waals surface area contributed by atoms with Gasteiger partial charge in [0.15, 0.2) is 0 Å². The summed E-state index contributed by atoms with van der Waals surface area (Å²) in [6.07, 6.45) is -3.20. The van der Waals surface area contributed by atoms with Gasteiger partial charge in [0.25, 0.3) is 0 Å². The van der Waals surface area contributed by atoms with E-state index in [9.17, 15) is 13.2 Å². The van der Waals surface area contributed by atoms with Gasteiger partial charge < -0.3 is 5.32 Å². The van der Waals surface area contributed by atoms with Gasteiger partial charge in [0.1, 0.15) is 0 Å². The minimum atomic E-state index is -4.26. The first-order valence-electron chi connectivity index (χ1n) is 6.05. The molecule has 1 aromatic rings. The number of likely N-dealkylation sites (tertiary alicyclic amines) is 1. The summed E-state index contributed by atoms with van der Waals surface area (Å²) in [5, 5.41) is 3.19. The first kappa shape index (κ1) is 16.3. The highest BCUT2D eigenvalue weighted by Gasteiger charge is 2.30. The van der Waals surface area contributed by atoms with Crippen LogP contribution in [-0.4, -0.2) is 31.1 Å². The molecular formula is C13H18ClF3N2. The van der Waals surface area contributed by atoms with E-state index in [1.807, 2.05) is 7.05 Å². The van der Waals surface area contributed by atoms with Crippen molar-refractivity contribution < 1.29 is 13.2 Å². The summed E-state index contributed by atoms with van der Waals surface area (Å²) in [6.45, 7) is 2.41. The van der Waals surface area contributed by atoms with Crippen molar-refractivity contribution in [1.29, 1.82) is 0 Å². The van der Waals surface area contributed by atoms with Crippen LogP contribution in [0.5, 0.6) is 0 Å². The third-order valence-corrected chi connectivity index (χ3v) is 3.34. The Morgan fingerprint density at radius 2 is 2.11 bits per heavy atom. The van der Waals surface area contributed by atoms with Gasteiger partial charge in [0.05, 0.1) is 5.56 Å². The summed E-state index contributed by atoms with van der Waals surface area (Å²) in [7, 11) is 1.92. The molecule has 1 atom stereocenters. The molecule has 1 saturated heterocycles. The number of hydrogen-bond donors (Lipinski definition) is 1. The van der Waals surface area contributed by atoms with Gasteiger partial charge in [-0.25, -0.2) is 0 Å². The second-order valence-electron chi connectivity index (χ2n) is 4.71. The molecule has 6 heteroatoms. The summed E-state index contributed by atoms with van der Waals surface area (Å²) >= 11 is 0. The molecule has 0 spiro atoms. The molecule has 1 heterocycles. The maximum atomic E-state index is 12.6. The maximum absolute atomic E-state index is 12.6. The van der Waals surface area contributed by atoms with Gasteiger partial charge in [-0.2, -0.15) is 13.2 Å². The summed E-state index contributed by atoms with van der Waals surface area (Å²) < 4.78 is 37.7. The molecule has 0 bridgehead atoms. The lowest BCUT2D eigenvalue weighted by atomic mass is 10.1. The Balaban J connectivity index is 0.00000180. The average molecular weight is 295 g/mol.